The van der Waals surface area contributed by atoms with Crippen molar-refractivity contribution in [3.05, 3.63) is 100 Å². The highest BCUT2D eigenvalue weighted by molar-refractivity contribution is 5.81. The van der Waals surface area contributed by atoms with Gasteiger partial charge in [0.05, 0.1) is 24.3 Å². The van der Waals surface area contributed by atoms with Gasteiger partial charge in [-0.3, -0.25) is 9.36 Å². The van der Waals surface area contributed by atoms with Crippen molar-refractivity contribution in [2.75, 3.05) is 56.7 Å². The number of hydrogen-bond donors (Lipinski definition) is 1. The van der Waals surface area contributed by atoms with Crippen LogP contribution in [0.25, 0.3) is 22.2 Å². The van der Waals surface area contributed by atoms with Crippen LogP contribution in [0.1, 0.15) is 29.3 Å². The minimum atomic E-state index is -4.60. The average molecular weight is 643 g/mol. The van der Waals surface area contributed by atoms with Gasteiger partial charge in [0.15, 0.2) is 0 Å². The molecule has 1 unspecified atom stereocenters. The Balaban J connectivity index is 1.25. The first kappa shape index (κ1) is 30.8. The number of pyridine rings is 1. The number of piperazine rings is 1. The molecule has 2 aliphatic rings. The number of alkyl halides is 3. The fourth-order valence-electron chi connectivity index (χ4n) is 6.05. The molecule has 0 aliphatic carbocycles. The Morgan fingerprint density at radius 3 is 2.40 bits per heavy atom. The number of benzene rings is 2. The number of nitrogens with one attached hydrogen (secondary N) is 1. The van der Waals surface area contributed by atoms with E-state index < -0.39 is 17.3 Å². The van der Waals surface area contributed by atoms with Crippen LogP contribution in [0.4, 0.5) is 30.5 Å². The van der Waals surface area contributed by atoms with Gasteiger partial charge in [0.1, 0.15) is 11.5 Å². The molecule has 242 valence electrons. The van der Waals surface area contributed by atoms with Crippen LogP contribution in [-0.2, 0) is 17.5 Å². The van der Waals surface area contributed by atoms with Crippen LogP contribution in [-0.4, -0.2) is 75.8 Å². The normalized spacial score (nSPS) is 17.4. The molecule has 0 spiro atoms. The van der Waals surface area contributed by atoms with Crippen LogP contribution >= 0.6 is 0 Å². The van der Waals surface area contributed by atoms with Crippen LogP contribution in [0.15, 0.2) is 78.0 Å². The first-order valence-electron chi connectivity index (χ1n) is 15.5. The number of aromatic nitrogens is 5. The van der Waals surface area contributed by atoms with Crippen LogP contribution in [0.2, 0.25) is 0 Å². The Bertz CT molecular complexity index is 1930. The van der Waals surface area contributed by atoms with Crippen molar-refractivity contribution in [1.82, 2.24) is 29.4 Å². The van der Waals surface area contributed by atoms with E-state index in [4.69, 9.17) is 4.74 Å². The van der Waals surface area contributed by atoms with Crippen molar-refractivity contribution < 1.29 is 17.9 Å². The minimum Gasteiger partial charge on any atom is -0.381 e. The van der Waals surface area contributed by atoms with Gasteiger partial charge in [-0.05, 0) is 55.4 Å². The Labute approximate surface area is 268 Å². The van der Waals surface area contributed by atoms with Crippen molar-refractivity contribution in [2.24, 2.45) is 0 Å². The number of fused-ring (bicyclic) bond motifs is 1. The zero-order valence-corrected chi connectivity index (χ0v) is 25.7. The standard InChI is InChI=1S/C34H33F3N8O2/c1-43-11-13-44(14-12-43)27-8-6-26(7-9-27)41-33-40-17-24-16-28(25-18-38-30(39-19-25)23-10-15-47-21-23)32(46)45(31(24)42-33)20-22-4-2-3-5-29(22)34(35,36)37/h2-9,16-19,23H,10-15,20-21H2,1H3,(H,40,41,42). The second-order valence-corrected chi connectivity index (χ2v) is 11.9. The van der Waals surface area contributed by atoms with E-state index in [1.165, 1.54) is 22.8 Å². The third-order valence-corrected chi connectivity index (χ3v) is 8.75. The molecule has 3 aromatic heterocycles. The highest BCUT2D eigenvalue weighted by Gasteiger charge is 2.33. The molecule has 0 bridgehead atoms. The SMILES string of the molecule is CN1CCN(c2ccc(Nc3ncc4cc(-c5cnc(C6CCOC6)nc5)c(=O)n(Cc5ccccc5C(F)(F)F)c4n3)cc2)CC1. The Morgan fingerprint density at radius 1 is 0.957 bits per heavy atom. The largest absolute Gasteiger partial charge is 0.416 e. The van der Waals surface area contributed by atoms with Gasteiger partial charge in [-0.15, -0.1) is 0 Å². The summed E-state index contributed by atoms with van der Waals surface area (Å²) in [5, 5.41) is 3.66. The second kappa shape index (κ2) is 12.7. The third-order valence-electron chi connectivity index (χ3n) is 8.75. The lowest BCUT2D eigenvalue weighted by Gasteiger charge is -2.34. The fourth-order valence-corrected chi connectivity index (χ4v) is 6.05. The van der Waals surface area contributed by atoms with Gasteiger partial charge in [-0.1, -0.05) is 18.2 Å². The summed E-state index contributed by atoms with van der Waals surface area (Å²) < 4.78 is 48.7. The van der Waals surface area contributed by atoms with Crippen LogP contribution in [0.3, 0.4) is 0 Å². The van der Waals surface area contributed by atoms with E-state index in [0.717, 1.165) is 50.0 Å². The molecule has 5 aromatic rings. The van der Waals surface area contributed by atoms with Crippen LogP contribution in [0.5, 0.6) is 0 Å². The number of anilines is 3. The summed E-state index contributed by atoms with van der Waals surface area (Å²) >= 11 is 0. The van der Waals surface area contributed by atoms with Crippen molar-refractivity contribution in [3.8, 4) is 11.1 Å². The van der Waals surface area contributed by atoms with E-state index in [0.29, 0.717) is 30.0 Å². The molecule has 2 fully saturated rings. The van der Waals surface area contributed by atoms with E-state index in [1.54, 1.807) is 24.7 Å². The van der Waals surface area contributed by atoms with Crippen molar-refractivity contribution in [2.45, 2.75) is 25.1 Å². The second-order valence-electron chi connectivity index (χ2n) is 11.9. The zero-order valence-electron chi connectivity index (χ0n) is 25.7. The highest BCUT2D eigenvalue weighted by atomic mass is 19.4. The molecular weight excluding hydrogens is 609 g/mol. The summed E-state index contributed by atoms with van der Waals surface area (Å²) in [6.07, 6.45) is 0.914. The van der Waals surface area contributed by atoms with Gasteiger partial charge in [0.25, 0.3) is 5.56 Å². The number of ether oxygens (including phenoxy) is 1. The number of nitrogens with zero attached hydrogens (tertiary/aromatic N) is 7. The lowest BCUT2D eigenvalue weighted by molar-refractivity contribution is -0.138. The molecule has 0 amide bonds. The molecule has 13 heteroatoms. The minimum absolute atomic E-state index is 0.0546. The van der Waals surface area contributed by atoms with Crippen LogP contribution < -0.4 is 15.8 Å². The molecule has 7 rings (SSSR count). The zero-order chi connectivity index (χ0) is 32.5. The molecule has 5 heterocycles. The maximum atomic E-state index is 14.1. The monoisotopic (exact) mass is 642 g/mol. The summed E-state index contributed by atoms with van der Waals surface area (Å²) in [5.74, 6) is 0.918. The molecule has 47 heavy (non-hydrogen) atoms. The van der Waals surface area contributed by atoms with Crippen LogP contribution in [0, 0.1) is 0 Å². The molecule has 0 saturated carbocycles. The van der Waals surface area contributed by atoms with Gasteiger partial charge in [0.2, 0.25) is 5.95 Å². The molecule has 2 saturated heterocycles. The number of hydrogen-bond acceptors (Lipinski definition) is 9. The molecule has 1 atom stereocenters. The Morgan fingerprint density at radius 2 is 1.70 bits per heavy atom. The molecular formula is C34H33F3N8O2. The molecule has 0 radical (unpaired) electrons. The van der Waals surface area contributed by atoms with Crippen molar-refractivity contribution >= 4 is 28.4 Å². The van der Waals surface area contributed by atoms with Gasteiger partial charge in [-0.25, -0.2) is 15.0 Å². The molecule has 2 aliphatic heterocycles. The lowest BCUT2D eigenvalue weighted by atomic mass is 10.1. The first-order valence-corrected chi connectivity index (χ1v) is 15.5. The number of likely N-dealkylation sites (N-methyl/N-ethyl adjacent to an activating group) is 1. The van der Waals surface area contributed by atoms with E-state index in [9.17, 15) is 18.0 Å². The van der Waals surface area contributed by atoms with Gasteiger partial charge in [0, 0.05) is 79.6 Å². The van der Waals surface area contributed by atoms with Gasteiger partial charge >= 0.3 is 6.18 Å². The third kappa shape index (κ3) is 6.54. The van der Waals surface area contributed by atoms with Crippen molar-refractivity contribution in [1.29, 1.82) is 0 Å². The quantitative estimate of drug-likeness (QED) is 0.253. The van der Waals surface area contributed by atoms with E-state index in [-0.39, 0.29) is 35.2 Å². The smallest absolute Gasteiger partial charge is 0.381 e. The molecule has 2 aromatic carbocycles. The van der Waals surface area contributed by atoms with E-state index in [1.807, 2.05) is 24.3 Å². The fraction of sp³-hybridized carbons (Fsp3) is 0.324. The lowest BCUT2D eigenvalue weighted by Crippen LogP contribution is -2.44. The van der Waals surface area contributed by atoms with E-state index >= 15 is 0 Å². The van der Waals surface area contributed by atoms with Crippen molar-refractivity contribution in [3.63, 3.8) is 0 Å². The maximum Gasteiger partial charge on any atom is 0.416 e. The summed E-state index contributed by atoms with van der Waals surface area (Å²) in [6.45, 7) is 4.71. The summed E-state index contributed by atoms with van der Waals surface area (Å²) in [5.41, 5.74) is 1.34. The number of rotatable bonds is 7. The number of halogens is 3. The average Bonchev–Trinajstić information content (AvgIpc) is 3.62. The van der Waals surface area contributed by atoms with Gasteiger partial charge in [-0.2, -0.15) is 18.2 Å². The Hall–Kier alpha value is -4.88. The Kier molecular flexibility index (Phi) is 8.33. The topological polar surface area (TPSA) is 101 Å². The summed E-state index contributed by atoms with van der Waals surface area (Å²) in [7, 11) is 2.11. The first-order chi connectivity index (χ1) is 22.7. The predicted molar refractivity (Wildman–Crippen MR) is 173 cm³/mol. The maximum absolute atomic E-state index is 14.1. The predicted octanol–water partition coefficient (Wildman–Crippen LogP) is 5.31. The molecule has 1 N–H and O–H groups in total. The van der Waals surface area contributed by atoms with Gasteiger partial charge < -0.3 is 19.9 Å². The molecule has 10 nitrogen and oxygen atoms in total. The highest BCUT2D eigenvalue weighted by Crippen LogP contribution is 2.33. The summed E-state index contributed by atoms with van der Waals surface area (Å²) in [6, 6.07) is 14.8. The van der Waals surface area contributed by atoms with E-state index in [2.05, 4.69) is 42.1 Å². The summed E-state index contributed by atoms with van der Waals surface area (Å²) in [4.78, 5) is 36.8.